The third-order valence-electron chi connectivity index (χ3n) is 6.56. The van der Waals surface area contributed by atoms with Crippen molar-refractivity contribution in [2.45, 2.75) is 46.7 Å². The summed E-state index contributed by atoms with van der Waals surface area (Å²) < 4.78 is 2.35. The lowest BCUT2D eigenvalue weighted by atomic mass is 9.97. The summed E-state index contributed by atoms with van der Waals surface area (Å²) >= 11 is 5.71. The number of nitrogens with zero attached hydrogens (tertiary/aromatic N) is 4. The molecule has 1 aliphatic rings. The maximum Gasteiger partial charge on any atom is 0.170 e. The second-order valence-corrected chi connectivity index (χ2v) is 8.65. The molecule has 1 aromatic carbocycles. The Morgan fingerprint density at radius 1 is 1.03 bits per heavy atom. The first-order chi connectivity index (χ1) is 15.5. The van der Waals surface area contributed by atoms with Gasteiger partial charge in [-0.3, -0.25) is 4.98 Å². The van der Waals surface area contributed by atoms with Gasteiger partial charge in [0.15, 0.2) is 5.11 Å². The lowest BCUT2D eigenvalue weighted by Crippen LogP contribution is -2.29. The van der Waals surface area contributed by atoms with Crippen molar-refractivity contribution in [3.8, 4) is 5.69 Å². The molecule has 0 amide bonds. The summed E-state index contributed by atoms with van der Waals surface area (Å²) in [5.41, 5.74) is 7.23. The van der Waals surface area contributed by atoms with Crippen LogP contribution in [0.5, 0.6) is 0 Å². The van der Waals surface area contributed by atoms with Gasteiger partial charge in [-0.2, -0.15) is 0 Å². The highest BCUT2D eigenvalue weighted by atomic mass is 32.1. The van der Waals surface area contributed by atoms with Crippen molar-refractivity contribution in [3.05, 3.63) is 77.4 Å². The van der Waals surface area contributed by atoms with Gasteiger partial charge in [-0.05, 0) is 94.9 Å². The minimum atomic E-state index is 0.0302. The number of anilines is 1. The second kappa shape index (κ2) is 9.33. The van der Waals surface area contributed by atoms with Crippen LogP contribution in [0.25, 0.3) is 5.69 Å². The van der Waals surface area contributed by atoms with Gasteiger partial charge < -0.3 is 19.7 Å². The predicted molar refractivity (Wildman–Crippen MR) is 137 cm³/mol. The maximum atomic E-state index is 5.71. The Kier molecular flexibility index (Phi) is 6.51. The molecule has 0 radical (unpaired) electrons. The van der Waals surface area contributed by atoms with E-state index in [4.69, 9.17) is 12.2 Å². The number of pyridine rings is 1. The molecule has 0 spiro atoms. The Bertz CT molecular complexity index is 1070. The Balaban J connectivity index is 1.75. The zero-order valence-corrected chi connectivity index (χ0v) is 20.5. The van der Waals surface area contributed by atoms with E-state index in [1.165, 1.54) is 28.3 Å². The molecule has 0 aliphatic carbocycles. The van der Waals surface area contributed by atoms with Crippen LogP contribution in [0.3, 0.4) is 0 Å². The van der Waals surface area contributed by atoms with Crippen molar-refractivity contribution in [1.82, 2.24) is 19.8 Å². The van der Waals surface area contributed by atoms with Gasteiger partial charge in [0.25, 0.3) is 0 Å². The summed E-state index contributed by atoms with van der Waals surface area (Å²) in [7, 11) is 0. The first kappa shape index (κ1) is 22.3. The summed E-state index contributed by atoms with van der Waals surface area (Å²) in [5, 5.41) is 4.32. The monoisotopic (exact) mass is 447 g/mol. The van der Waals surface area contributed by atoms with Crippen molar-refractivity contribution in [2.24, 2.45) is 0 Å². The summed E-state index contributed by atoms with van der Waals surface area (Å²) in [4.78, 5) is 9.29. The van der Waals surface area contributed by atoms with Crippen LogP contribution in [-0.4, -0.2) is 39.2 Å². The van der Waals surface area contributed by atoms with E-state index in [9.17, 15) is 0 Å². The molecule has 0 unspecified atom stereocenters. The average molecular weight is 448 g/mol. The highest BCUT2D eigenvalue weighted by molar-refractivity contribution is 7.80. The SMILES string of the molecule is CCN(CC)c1ccc(-n2c(C)cc([C@@H]3[C@H](c4ccccn4)NC(=S)N3CC)c2C)cc1. The van der Waals surface area contributed by atoms with Crippen LogP contribution in [0.4, 0.5) is 5.69 Å². The number of hydrogen-bond acceptors (Lipinski definition) is 3. The number of thiocarbonyl (C=S) groups is 1. The highest BCUT2D eigenvalue weighted by Crippen LogP contribution is 2.41. The molecule has 1 aliphatic heterocycles. The molecule has 4 rings (SSSR count). The number of nitrogens with one attached hydrogen (secondary N) is 1. The van der Waals surface area contributed by atoms with Gasteiger partial charge in [-0.15, -0.1) is 0 Å². The third-order valence-corrected chi connectivity index (χ3v) is 6.92. The highest BCUT2D eigenvalue weighted by Gasteiger charge is 2.40. The standard InChI is InChI=1S/C26H33N5S/c1-6-29(7-2)20-12-14-21(15-13-20)31-18(4)17-22(19(31)5)25-24(23-11-9-10-16-27-23)28-26(32)30(25)8-3/h9-17,24-25H,6-8H2,1-5H3,(H,28,32)/t24-,25+/m0/s1. The smallest absolute Gasteiger partial charge is 0.170 e. The molecule has 5 nitrogen and oxygen atoms in total. The predicted octanol–water partition coefficient (Wildman–Crippen LogP) is 5.33. The van der Waals surface area contributed by atoms with Crippen LogP contribution in [0.1, 0.15) is 55.5 Å². The molecule has 0 bridgehead atoms. The summed E-state index contributed by atoms with van der Waals surface area (Å²) in [6.07, 6.45) is 1.85. The van der Waals surface area contributed by atoms with Gasteiger partial charge in [0.1, 0.15) is 0 Å². The van der Waals surface area contributed by atoms with Gasteiger partial charge in [-0.25, -0.2) is 0 Å². The van der Waals surface area contributed by atoms with Gasteiger partial charge in [0.05, 0.1) is 17.8 Å². The van der Waals surface area contributed by atoms with Crippen molar-refractivity contribution in [2.75, 3.05) is 24.5 Å². The molecule has 3 heterocycles. The van der Waals surface area contributed by atoms with Gasteiger partial charge >= 0.3 is 0 Å². The number of aryl methyl sites for hydroxylation is 1. The molecule has 1 fully saturated rings. The van der Waals surface area contributed by atoms with Gasteiger partial charge in [0.2, 0.25) is 0 Å². The third kappa shape index (κ3) is 3.88. The number of hydrogen-bond donors (Lipinski definition) is 1. The Morgan fingerprint density at radius 3 is 2.34 bits per heavy atom. The molecule has 2 aromatic heterocycles. The van der Waals surface area contributed by atoms with Crippen LogP contribution in [0, 0.1) is 13.8 Å². The van der Waals surface area contributed by atoms with E-state index in [0.29, 0.717) is 0 Å². The Hall–Kier alpha value is -2.86. The van der Waals surface area contributed by atoms with E-state index in [0.717, 1.165) is 30.4 Å². The van der Waals surface area contributed by atoms with Gasteiger partial charge in [-0.1, -0.05) is 6.07 Å². The molecule has 0 saturated carbocycles. The lowest BCUT2D eigenvalue weighted by Gasteiger charge is -2.27. The first-order valence-electron chi connectivity index (χ1n) is 11.5. The normalized spacial score (nSPS) is 18.2. The fourth-order valence-electron chi connectivity index (χ4n) is 4.97. The van der Waals surface area contributed by atoms with E-state index in [-0.39, 0.29) is 12.1 Å². The number of likely N-dealkylation sites (N-methyl/N-ethyl adjacent to an activating group) is 1. The largest absolute Gasteiger partial charge is 0.372 e. The van der Waals surface area contributed by atoms with Crippen molar-refractivity contribution < 1.29 is 0 Å². The van der Waals surface area contributed by atoms with Crippen molar-refractivity contribution in [1.29, 1.82) is 0 Å². The topological polar surface area (TPSA) is 36.3 Å². The average Bonchev–Trinajstić information content (AvgIpc) is 3.30. The van der Waals surface area contributed by atoms with Crippen molar-refractivity contribution >= 4 is 23.0 Å². The number of benzene rings is 1. The minimum Gasteiger partial charge on any atom is -0.372 e. The molecular weight excluding hydrogens is 414 g/mol. The van der Waals surface area contributed by atoms with E-state index in [1.807, 2.05) is 18.3 Å². The van der Waals surface area contributed by atoms with Gasteiger partial charge in [0, 0.05) is 48.6 Å². The maximum absolute atomic E-state index is 5.71. The Morgan fingerprint density at radius 2 is 1.75 bits per heavy atom. The second-order valence-electron chi connectivity index (χ2n) is 8.26. The van der Waals surface area contributed by atoms with Crippen molar-refractivity contribution in [3.63, 3.8) is 0 Å². The molecular formula is C26H33N5S. The molecule has 1 saturated heterocycles. The summed E-state index contributed by atoms with van der Waals surface area (Å²) in [6, 6.07) is 17.4. The van der Waals surface area contributed by atoms with E-state index in [1.54, 1.807) is 0 Å². The molecule has 32 heavy (non-hydrogen) atoms. The van der Waals surface area contributed by atoms with Crippen LogP contribution in [0.2, 0.25) is 0 Å². The number of aromatic nitrogens is 2. The first-order valence-corrected chi connectivity index (χ1v) is 11.9. The number of rotatable bonds is 7. The fraction of sp³-hybridized carbons (Fsp3) is 0.385. The van der Waals surface area contributed by atoms with E-state index in [2.05, 4.69) is 95.7 Å². The lowest BCUT2D eigenvalue weighted by molar-refractivity contribution is 0.329. The van der Waals surface area contributed by atoms with E-state index >= 15 is 0 Å². The quantitative estimate of drug-likeness (QED) is 0.496. The van der Waals surface area contributed by atoms with Crippen LogP contribution in [-0.2, 0) is 0 Å². The Labute approximate surface area is 197 Å². The molecule has 3 aromatic rings. The van der Waals surface area contributed by atoms with Crippen LogP contribution < -0.4 is 10.2 Å². The van der Waals surface area contributed by atoms with E-state index < -0.39 is 0 Å². The zero-order valence-electron chi connectivity index (χ0n) is 19.7. The zero-order chi connectivity index (χ0) is 22.8. The van der Waals surface area contributed by atoms with Crippen LogP contribution in [0.15, 0.2) is 54.7 Å². The molecule has 1 N–H and O–H groups in total. The minimum absolute atomic E-state index is 0.0302. The summed E-state index contributed by atoms with van der Waals surface area (Å²) in [6.45, 7) is 13.8. The molecule has 168 valence electrons. The molecule has 6 heteroatoms. The molecule has 2 atom stereocenters. The van der Waals surface area contributed by atoms with Crippen LogP contribution >= 0.6 is 12.2 Å². The summed E-state index contributed by atoms with van der Waals surface area (Å²) in [5.74, 6) is 0. The fourth-order valence-corrected chi connectivity index (χ4v) is 5.34.